The van der Waals surface area contributed by atoms with Crippen LogP contribution >= 0.6 is 0 Å². The van der Waals surface area contributed by atoms with Gasteiger partial charge < -0.3 is 15.3 Å². The van der Waals surface area contributed by atoms with Crippen molar-refractivity contribution in [3.8, 4) is 0 Å². The van der Waals surface area contributed by atoms with Crippen LogP contribution in [-0.4, -0.2) is 36.2 Å². The average molecular weight is 312 g/mol. The summed E-state index contributed by atoms with van der Waals surface area (Å²) in [5.41, 5.74) is 2.06. The molecule has 0 aromatic heterocycles. The van der Waals surface area contributed by atoms with Crippen LogP contribution in [0.1, 0.15) is 37.1 Å². The number of hydrogen-bond acceptors (Lipinski definition) is 3. The Morgan fingerprint density at radius 2 is 1.39 bits per heavy atom. The van der Waals surface area contributed by atoms with Gasteiger partial charge >= 0.3 is 0 Å². The van der Waals surface area contributed by atoms with Crippen LogP contribution in [0.3, 0.4) is 0 Å². The summed E-state index contributed by atoms with van der Waals surface area (Å²) >= 11 is 0. The Labute approximate surface area is 140 Å². The molecule has 0 spiro atoms. The molecule has 0 aliphatic rings. The normalized spacial score (nSPS) is 13.9. The van der Waals surface area contributed by atoms with Gasteiger partial charge in [0.25, 0.3) is 0 Å². The Hall–Kier alpha value is -1.68. The number of nitrogens with zero attached hydrogens (tertiary/aromatic N) is 1. The molecule has 0 radical (unpaired) electrons. The van der Waals surface area contributed by atoms with Crippen LogP contribution in [0.4, 0.5) is 0 Å². The van der Waals surface area contributed by atoms with Crippen molar-refractivity contribution in [2.24, 2.45) is 0 Å². The van der Waals surface area contributed by atoms with E-state index in [1.807, 2.05) is 48.5 Å². The molecule has 0 aliphatic carbocycles. The van der Waals surface area contributed by atoms with Crippen LogP contribution in [0, 0.1) is 0 Å². The fourth-order valence-corrected chi connectivity index (χ4v) is 2.83. The number of aliphatic hydroxyl groups excluding tert-OH is 1. The Morgan fingerprint density at radius 3 is 1.91 bits per heavy atom. The van der Waals surface area contributed by atoms with E-state index in [9.17, 15) is 5.11 Å². The summed E-state index contributed by atoms with van der Waals surface area (Å²) in [5, 5.41) is 14.4. The highest BCUT2D eigenvalue weighted by Crippen LogP contribution is 2.28. The van der Waals surface area contributed by atoms with E-state index in [0.29, 0.717) is 0 Å². The second-order valence-corrected chi connectivity index (χ2v) is 5.72. The zero-order valence-electron chi connectivity index (χ0n) is 14.2. The predicted octanol–water partition coefficient (Wildman–Crippen LogP) is 3.39. The summed E-state index contributed by atoms with van der Waals surface area (Å²) in [6.45, 7) is 8.29. The summed E-state index contributed by atoms with van der Waals surface area (Å²) in [7, 11) is 0. The third-order valence-electron chi connectivity index (χ3n) is 4.30. The van der Waals surface area contributed by atoms with Crippen molar-refractivity contribution in [1.82, 2.24) is 10.2 Å². The molecule has 3 heteroatoms. The molecule has 0 unspecified atom stereocenters. The molecule has 0 fully saturated rings. The molecule has 0 heterocycles. The zero-order valence-corrected chi connectivity index (χ0v) is 14.2. The van der Waals surface area contributed by atoms with Crippen LogP contribution in [0.5, 0.6) is 0 Å². The summed E-state index contributed by atoms with van der Waals surface area (Å²) in [4.78, 5) is 2.38. The van der Waals surface area contributed by atoms with Crippen LogP contribution in [0.25, 0.3) is 0 Å². The quantitative estimate of drug-likeness (QED) is 0.745. The van der Waals surface area contributed by atoms with Crippen molar-refractivity contribution in [3.63, 3.8) is 0 Å². The molecule has 2 N–H and O–H groups in total. The van der Waals surface area contributed by atoms with Crippen molar-refractivity contribution in [3.05, 3.63) is 71.8 Å². The molecule has 23 heavy (non-hydrogen) atoms. The third kappa shape index (κ3) is 5.17. The van der Waals surface area contributed by atoms with Gasteiger partial charge in [-0.05, 0) is 24.2 Å². The lowest BCUT2D eigenvalue weighted by molar-refractivity contribution is 0.126. The molecule has 0 aliphatic heterocycles. The minimum atomic E-state index is -0.560. The molecule has 2 aromatic carbocycles. The minimum absolute atomic E-state index is 0.103. The van der Waals surface area contributed by atoms with E-state index < -0.39 is 6.10 Å². The highest BCUT2D eigenvalue weighted by Gasteiger charge is 2.22. The molecule has 0 bridgehead atoms. The van der Waals surface area contributed by atoms with Gasteiger partial charge in [-0.1, -0.05) is 74.5 Å². The second kappa shape index (κ2) is 9.46. The Balaban J connectivity index is 2.09. The van der Waals surface area contributed by atoms with Crippen LogP contribution in [0.15, 0.2) is 60.7 Å². The smallest absolute Gasteiger partial charge is 0.0984 e. The number of aliphatic hydroxyl groups is 1. The fraction of sp³-hybridized carbons (Fsp3) is 0.400. The maximum absolute atomic E-state index is 10.8. The van der Waals surface area contributed by atoms with Gasteiger partial charge in [-0.2, -0.15) is 0 Å². The van der Waals surface area contributed by atoms with Crippen molar-refractivity contribution in [2.75, 3.05) is 26.2 Å². The van der Waals surface area contributed by atoms with E-state index in [4.69, 9.17) is 0 Å². The van der Waals surface area contributed by atoms with Crippen molar-refractivity contribution in [2.45, 2.75) is 26.0 Å². The molecular formula is C20H28N2O. The average Bonchev–Trinajstić information content (AvgIpc) is 2.63. The molecule has 0 saturated carbocycles. The molecule has 2 rings (SSSR count). The molecule has 3 nitrogen and oxygen atoms in total. The Kier molecular flexibility index (Phi) is 7.27. The first-order valence-electron chi connectivity index (χ1n) is 8.50. The topological polar surface area (TPSA) is 35.5 Å². The van der Waals surface area contributed by atoms with Gasteiger partial charge in [0.05, 0.1) is 12.1 Å². The monoisotopic (exact) mass is 312 g/mol. The fourth-order valence-electron chi connectivity index (χ4n) is 2.83. The van der Waals surface area contributed by atoms with E-state index in [0.717, 1.165) is 37.3 Å². The van der Waals surface area contributed by atoms with Crippen molar-refractivity contribution >= 4 is 0 Å². The minimum Gasteiger partial charge on any atom is -0.386 e. The maximum atomic E-state index is 10.8. The predicted molar refractivity (Wildman–Crippen MR) is 96.4 cm³/mol. The summed E-state index contributed by atoms with van der Waals surface area (Å²) in [6, 6.07) is 20.0. The maximum Gasteiger partial charge on any atom is 0.0984 e. The number of rotatable bonds is 9. The first kappa shape index (κ1) is 17.7. The number of benzene rings is 2. The number of hydrogen-bond donors (Lipinski definition) is 2. The lowest BCUT2D eigenvalue weighted by atomic mass is 9.96. The summed E-state index contributed by atoms with van der Waals surface area (Å²) in [5.74, 6) is 0. The van der Waals surface area contributed by atoms with E-state index in [1.54, 1.807) is 0 Å². The van der Waals surface area contributed by atoms with E-state index >= 15 is 0 Å². The van der Waals surface area contributed by atoms with Crippen LogP contribution in [-0.2, 0) is 0 Å². The van der Waals surface area contributed by atoms with Crippen molar-refractivity contribution in [1.29, 1.82) is 0 Å². The van der Waals surface area contributed by atoms with Gasteiger partial charge in [-0.25, -0.2) is 0 Å². The van der Waals surface area contributed by atoms with Crippen molar-refractivity contribution < 1.29 is 5.11 Å². The van der Waals surface area contributed by atoms with Crippen LogP contribution in [0.2, 0.25) is 0 Å². The Bertz CT molecular complexity index is 540. The summed E-state index contributed by atoms with van der Waals surface area (Å²) in [6.07, 6.45) is -0.560. The number of likely N-dealkylation sites (N-methyl/N-ethyl adjacent to an activating group) is 1. The van der Waals surface area contributed by atoms with E-state index in [-0.39, 0.29) is 6.04 Å². The van der Waals surface area contributed by atoms with Gasteiger partial charge in [0.2, 0.25) is 0 Å². The molecule has 0 amide bonds. The first-order valence-corrected chi connectivity index (χ1v) is 8.50. The van der Waals surface area contributed by atoms with Gasteiger partial charge in [0.15, 0.2) is 0 Å². The molecular weight excluding hydrogens is 284 g/mol. The zero-order chi connectivity index (χ0) is 16.5. The Morgan fingerprint density at radius 1 is 0.870 bits per heavy atom. The van der Waals surface area contributed by atoms with Gasteiger partial charge in [0.1, 0.15) is 0 Å². The highest BCUT2D eigenvalue weighted by atomic mass is 16.3. The van der Waals surface area contributed by atoms with Gasteiger partial charge in [0, 0.05) is 13.1 Å². The molecule has 2 aromatic rings. The molecule has 0 saturated heterocycles. The molecule has 124 valence electrons. The lowest BCUT2D eigenvalue weighted by Gasteiger charge is -2.27. The van der Waals surface area contributed by atoms with Gasteiger partial charge in [-0.3, -0.25) is 0 Å². The molecule has 2 atom stereocenters. The second-order valence-electron chi connectivity index (χ2n) is 5.72. The van der Waals surface area contributed by atoms with E-state index in [2.05, 4.69) is 36.2 Å². The SMILES string of the molecule is CCN(CC)CCN[C@H](c1ccccc1)[C@@H](O)c1ccccc1. The standard InChI is InChI=1S/C20H28N2O/c1-3-22(4-2)16-15-21-19(17-11-7-5-8-12-17)20(23)18-13-9-6-10-14-18/h5-14,19-21,23H,3-4,15-16H2,1-2H3/t19-,20+/m1/s1. The third-order valence-corrected chi connectivity index (χ3v) is 4.30. The lowest BCUT2D eigenvalue weighted by Crippen LogP contribution is -2.35. The first-order chi connectivity index (χ1) is 11.3. The number of nitrogens with one attached hydrogen (secondary N) is 1. The van der Waals surface area contributed by atoms with E-state index in [1.165, 1.54) is 0 Å². The highest BCUT2D eigenvalue weighted by molar-refractivity contribution is 5.26. The summed E-state index contributed by atoms with van der Waals surface area (Å²) < 4.78 is 0. The van der Waals surface area contributed by atoms with Crippen LogP contribution < -0.4 is 5.32 Å². The van der Waals surface area contributed by atoms with Gasteiger partial charge in [-0.15, -0.1) is 0 Å². The largest absolute Gasteiger partial charge is 0.386 e.